The maximum atomic E-state index is 12.3. The van der Waals surface area contributed by atoms with E-state index in [0.29, 0.717) is 25.4 Å². The van der Waals surface area contributed by atoms with Gasteiger partial charge in [-0.25, -0.2) is 0 Å². The van der Waals surface area contributed by atoms with Crippen LogP contribution in [0.4, 0.5) is 0 Å². The molecule has 1 saturated heterocycles. The summed E-state index contributed by atoms with van der Waals surface area (Å²) in [7, 11) is 0. The molecule has 2 aromatic heterocycles. The van der Waals surface area contributed by atoms with E-state index < -0.39 is 0 Å². The first-order valence-electron chi connectivity index (χ1n) is 8.37. The van der Waals surface area contributed by atoms with Crippen molar-refractivity contribution in [2.45, 2.75) is 6.54 Å². The molecule has 0 spiro atoms. The van der Waals surface area contributed by atoms with E-state index in [-0.39, 0.29) is 11.5 Å². The summed E-state index contributed by atoms with van der Waals surface area (Å²) < 4.78 is 5.18. The molecule has 128 valence electrons. The lowest BCUT2D eigenvalue weighted by Gasteiger charge is -2.34. The number of carbonyl (C=O) groups is 1. The van der Waals surface area contributed by atoms with Crippen LogP contribution in [0, 0.1) is 0 Å². The van der Waals surface area contributed by atoms with E-state index in [1.807, 2.05) is 30.3 Å². The lowest BCUT2D eigenvalue weighted by Crippen LogP contribution is -2.48. The molecule has 0 atom stereocenters. The second-order valence-electron chi connectivity index (χ2n) is 6.26. The third-order valence-electron chi connectivity index (χ3n) is 4.62. The number of hydrogen-bond acceptors (Lipinski definition) is 4. The van der Waals surface area contributed by atoms with Gasteiger partial charge in [0.2, 0.25) is 0 Å². The summed E-state index contributed by atoms with van der Waals surface area (Å²) in [4.78, 5) is 31.5. The number of pyridine rings is 1. The lowest BCUT2D eigenvalue weighted by atomic mass is 10.1. The van der Waals surface area contributed by atoms with Crippen LogP contribution in [0.3, 0.4) is 0 Å². The van der Waals surface area contributed by atoms with E-state index >= 15 is 0 Å². The van der Waals surface area contributed by atoms with E-state index in [4.69, 9.17) is 4.42 Å². The number of rotatable bonds is 3. The van der Waals surface area contributed by atoms with Crippen molar-refractivity contribution in [2.75, 3.05) is 26.2 Å². The Labute approximate surface area is 144 Å². The molecule has 0 saturated carbocycles. The van der Waals surface area contributed by atoms with E-state index in [1.165, 1.54) is 6.26 Å². The molecule has 4 rings (SSSR count). The van der Waals surface area contributed by atoms with E-state index in [0.717, 1.165) is 29.6 Å². The Balaban J connectivity index is 1.43. The molecule has 3 heterocycles. The van der Waals surface area contributed by atoms with Crippen LogP contribution in [0.5, 0.6) is 0 Å². The van der Waals surface area contributed by atoms with Gasteiger partial charge in [0, 0.05) is 43.8 Å². The fourth-order valence-electron chi connectivity index (χ4n) is 3.22. The Bertz CT molecular complexity index is 938. The average molecular weight is 337 g/mol. The summed E-state index contributed by atoms with van der Waals surface area (Å²) in [5.41, 5.74) is 1.56. The number of nitrogens with one attached hydrogen (secondary N) is 1. The molecule has 6 heteroatoms. The van der Waals surface area contributed by atoms with Crippen LogP contribution in [-0.2, 0) is 6.54 Å². The number of hydrogen-bond donors (Lipinski definition) is 1. The first kappa shape index (κ1) is 15.7. The Morgan fingerprint density at radius 1 is 1.08 bits per heavy atom. The monoisotopic (exact) mass is 337 g/mol. The van der Waals surface area contributed by atoms with Gasteiger partial charge in [0.25, 0.3) is 11.5 Å². The van der Waals surface area contributed by atoms with Crippen LogP contribution in [0.15, 0.2) is 57.9 Å². The molecule has 6 nitrogen and oxygen atoms in total. The third kappa shape index (κ3) is 3.21. The number of carbonyl (C=O) groups excluding carboxylic acids is 1. The van der Waals surface area contributed by atoms with Gasteiger partial charge < -0.3 is 14.3 Å². The van der Waals surface area contributed by atoms with E-state index in [9.17, 15) is 9.59 Å². The fraction of sp³-hybridized carbons (Fsp3) is 0.263. The molecular weight excluding hydrogens is 318 g/mol. The summed E-state index contributed by atoms with van der Waals surface area (Å²) >= 11 is 0. The normalized spacial score (nSPS) is 15.6. The van der Waals surface area contributed by atoms with Crippen molar-refractivity contribution in [2.24, 2.45) is 0 Å². The van der Waals surface area contributed by atoms with Crippen molar-refractivity contribution in [3.63, 3.8) is 0 Å². The summed E-state index contributed by atoms with van der Waals surface area (Å²) in [6.45, 7) is 3.32. The molecule has 0 radical (unpaired) electrons. The first-order chi connectivity index (χ1) is 12.2. The third-order valence-corrected chi connectivity index (χ3v) is 4.62. The Morgan fingerprint density at radius 3 is 2.64 bits per heavy atom. The number of H-pyrrole nitrogens is 1. The minimum Gasteiger partial charge on any atom is -0.459 e. The molecule has 1 aliphatic rings. The number of amides is 1. The second-order valence-corrected chi connectivity index (χ2v) is 6.26. The highest BCUT2D eigenvalue weighted by Gasteiger charge is 2.24. The predicted molar refractivity (Wildman–Crippen MR) is 94.5 cm³/mol. The van der Waals surface area contributed by atoms with Gasteiger partial charge in [0.15, 0.2) is 5.76 Å². The molecule has 0 unspecified atom stereocenters. The Hall–Kier alpha value is -2.86. The molecule has 1 N–H and O–H groups in total. The highest BCUT2D eigenvalue weighted by molar-refractivity contribution is 5.91. The molecular formula is C19H19N3O3. The number of benzene rings is 1. The minimum absolute atomic E-state index is 0.0483. The van der Waals surface area contributed by atoms with Crippen LogP contribution in [0.1, 0.15) is 16.1 Å². The zero-order valence-corrected chi connectivity index (χ0v) is 13.8. The zero-order chi connectivity index (χ0) is 17.2. The highest BCUT2D eigenvalue weighted by Crippen LogP contribution is 2.14. The molecule has 0 aliphatic carbocycles. The van der Waals surface area contributed by atoms with Gasteiger partial charge in [-0.2, -0.15) is 0 Å². The van der Waals surface area contributed by atoms with Gasteiger partial charge in [0.1, 0.15) is 0 Å². The number of aromatic nitrogens is 1. The molecule has 3 aromatic rings. The maximum absolute atomic E-state index is 12.3. The maximum Gasteiger partial charge on any atom is 0.289 e. The number of piperazine rings is 1. The highest BCUT2D eigenvalue weighted by atomic mass is 16.3. The number of para-hydroxylation sites is 1. The van der Waals surface area contributed by atoms with Gasteiger partial charge in [-0.15, -0.1) is 0 Å². The van der Waals surface area contributed by atoms with Crippen LogP contribution in [0.2, 0.25) is 0 Å². The van der Waals surface area contributed by atoms with Crippen LogP contribution in [-0.4, -0.2) is 46.9 Å². The van der Waals surface area contributed by atoms with Crippen molar-refractivity contribution >= 4 is 16.8 Å². The molecule has 1 aromatic carbocycles. The lowest BCUT2D eigenvalue weighted by molar-refractivity contribution is 0.0597. The summed E-state index contributed by atoms with van der Waals surface area (Å²) in [5.74, 6) is 0.299. The van der Waals surface area contributed by atoms with Crippen molar-refractivity contribution < 1.29 is 9.21 Å². The van der Waals surface area contributed by atoms with Gasteiger partial charge in [-0.1, -0.05) is 18.2 Å². The van der Waals surface area contributed by atoms with Crippen molar-refractivity contribution in [3.8, 4) is 0 Å². The van der Waals surface area contributed by atoms with E-state index in [1.54, 1.807) is 17.0 Å². The van der Waals surface area contributed by atoms with Crippen molar-refractivity contribution in [1.29, 1.82) is 0 Å². The largest absolute Gasteiger partial charge is 0.459 e. The molecule has 25 heavy (non-hydrogen) atoms. The standard InChI is InChI=1S/C19H19N3O3/c23-18-15(12-14-4-1-2-5-16(14)20-18)13-21-7-9-22(10-8-21)19(24)17-6-3-11-25-17/h1-6,11-12H,7-10,13H2,(H,20,23). The number of aromatic amines is 1. The van der Waals surface area contributed by atoms with E-state index in [2.05, 4.69) is 9.88 Å². The molecule has 1 fully saturated rings. The quantitative estimate of drug-likeness (QED) is 0.794. The Morgan fingerprint density at radius 2 is 1.88 bits per heavy atom. The molecule has 0 bridgehead atoms. The SMILES string of the molecule is O=C(c1ccco1)N1CCN(Cc2cc3ccccc3[nH]c2=O)CC1. The summed E-state index contributed by atoms with van der Waals surface area (Å²) in [6.07, 6.45) is 1.51. The summed E-state index contributed by atoms with van der Waals surface area (Å²) in [5, 5.41) is 1.03. The first-order valence-corrected chi connectivity index (χ1v) is 8.37. The number of fused-ring (bicyclic) bond motifs is 1. The fourth-order valence-corrected chi connectivity index (χ4v) is 3.22. The molecule has 1 amide bonds. The smallest absolute Gasteiger partial charge is 0.289 e. The van der Waals surface area contributed by atoms with Gasteiger partial charge in [0.05, 0.1) is 6.26 Å². The Kier molecular flexibility index (Phi) is 4.11. The van der Waals surface area contributed by atoms with Gasteiger partial charge in [-0.3, -0.25) is 14.5 Å². The van der Waals surface area contributed by atoms with Crippen LogP contribution in [0.25, 0.3) is 10.9 Å². The van der Waals surface area contributed by atoms with Crippen molar-refractivity contribution in [3.05, 3.63) is 70.4 Å². The summed E-state index contributed by atoms with van der Waals surface area (Å²) in [6, 6.07) is 13.1. The predicted octanol–water partition coefficient (Wildman–Crippen LogP) is 2.08. The van der Waals surface area contributed by atoms with Gasteiger partial charge >= 0.3 is 0 Å². The average Bonchev–Trinajstić information content (AvgIpc) is 3.17. The van der Waals surface area contributed by atoms with Gasteiger partial charge in [-0.05, 0) is 29.7 Å². The minimum atomic E-state index is -0.0757. The molecule has 1 aliphatic heterocycles. The van der Waals surface area contributed by atoms with Crippen LogP contribution >= 0.6 is 0 Å². The number of nitrogens with zero attached hydrogens (tertiary/aromatic N) is 2. The van der Waals surface area contributed by atoms with Crippen molar-refractivity contribution in [1.82, 2.24) is 14.8 Å². The second kappa shape index (κ2) is 6.57. The van der Waals surface area contributed by atoms with Crippen LogP contribution < -0.4 is 5.56 Å². The topological polar surface area (TPSA) is 69.6 Å². The zero-order valence-electron chi connectivity index (χ0n) is 13.8. The number of furan rings is 1.